The molecular weight excluding hydrogens is 330 g/mol. The minimum Gasteiger partial charge on any atom is -0.342 e. The summed E-state index contributed by atoms with van der Waals surface area (Å²) in [6.07, 6.45) is 25.2. The van der Waals surface area contributed by atoms with Crippen LogP contribution in [0.4, 0.5) is 0 Å². The quantitative estimate of drug-likeness (QED) is 0.222. The van der Waals surface area contributed by atoms with Gasteiger partial charge >= 0.3 is 0 Å². The topological polar surface area (TPSA) is 20.3 Å². The van der Waals surface area contributed by atoms with Gasteiger partial charge in [0.25, 0.3) is 0 Å². The van der Waals surface area contributed by atoms with Gasteiger partial charge in [0.15, 0.2) is 0 Å². The van der Waals surface area contributed by atoms with Gasteiger partial charge < -0.3 is 4.90 Å². The summed E-state index contributed by atoms with van der Waals surface area (Å²) in [7, 11) is 0. The number of piperidine rings is 1. The van der Waals surface area contributed by atoms with Crippen molar-refractivity contribution >= 4 is 5.91 Å². The molecule has 0 aliphatic carbocycles. The molecule has 1 fully saturated rings. The van der Waals surface area contributed by atoms with Gasteiger partial charge in [0.1, 0.15) is 0 Å². The van der Waals surface area contributed by atoms with Crippen LogP contribution in [-0.4, -0.2) is 23.9 Å². The summed E-state index contributed by atoms with van der Waals surface area (Å²) in [4.78, 5) is 14.9. The lowest BCUT2D eigenvalue weighted by Gasteiger charge is -2.32. The number of nitrogens with zero attached hydrogens (tertiary/aromatic N) is 1. The fourth-order valence-electron chi connectivity index (χ4n) is 4.47. The molecule has 1 heterocycles. The number of hydrogen-bond donors (Lipinski definition) is 0. The summed E-state index contributed by atoms with van der Waals surface area (Å²) >= 11 is 0. The van der Waals surface area contributed by atoms with E-state index in [1.54, 1.807) is 0 Å². The second kappa shape index (κ2) is 17.6. The molecule has 1 aliphatic heterocycles. The van der Waals surface area contributed by atoms with Crippen molar-refractivity contribution in [1.82, 2.24) is 4.90 Å². The molecule has 0 N–H and O–H groups in total. The molecule has 0 radical (unpaired) electrons. The number of unbranched alkanes of at least 4 members (excludes halogenated alkanes) is 14. The lowest BCUT2D eigenvalue weighted by molar-refractivity contribution is -0.138. The molecule has 1 rings (SSSR count). The van der Waals surface area contributed by atoms with Crippen molar-refractivity contribution in [3.05, 3.63) is 0 Å². The largest absolute Gasteiger partial charge is 0.342 e. The molecule has 27 heavy (non-hydrogen) atoms. The summed E-state index contributed by atoms with van der Waals surface area (Å²) in [6, 6.07) is 0. The van der Waals surface area contributed by atoms with Crippen molar-refractivity contribution in [3.63, 3.8) is 0 Å². The summed E-state index contributed by atoms with van der Waals surface area (Å²) in [5, 5.41) is 0. The maximum Gasteiger partial charge on any atom is 0.225 e. The third-order valence-corrected chi connectivity index (χ3v) is 6.33. The van der Waals surface area contributed by atoms with Crippen molar-refractivity contribution in [2.45, 2.75) is 136 Å². The highest BCUT2D eigenvalue weighted by Crippen LogP contribution is 2.24. The second-order valence-electron chi connectivity index (χ2n) is 8.90. The van der Waals surface area contributed by atoms with Gasteiger partial charge in [-0.05, 0) is 25.7 Å². The van der Waals surface area contributed by atoms with Crippen molar-refractivity contribution < 1.29 is 4.79 Å². The Hall–Kier alpha value is -0.530. The molecule has 1 unspecified atom stereocenters. The van der Waals surface area contributed by atoms with E-state index in [2.05, 4.69) is 18.7 Å². The molecule has 2 heteroatoms. The van der Waals surface area contributed by atoms with Gasteiger partial charge in [-0.25, -0.2) is 0 Å². The van der Waals surface area contributed by atoms with Crippen molar-refractivity contribution in [3.8, 4) is 0 Å². The van der Waals surface area contributed by atoms with Crippen LogP contribution in [-0.2, 0) is 4.79 Å². The fraction of sp³-hybridized carbons (Fsp3) is 0.960. The van der Waals surface area contributed by atoms with Crippen LogP contribution in [0.2, 0.25) is 0 Å². The number of rotatable bonds is 18. The van der Waals surface area contributed by atoms with Gasteiger partial charge in [-0.1, -0.05) is 110 Å². The first kappa shape index (κ1) is 24.5. The van der Waals surface area contributed by atoms with Crippen LogP contribution in [0.3, 0.4) is 0 Å². The Morgan fingerprint density at radius 2 is 1.19 bits per heavy atom. The first-order chi connectivity index (χ1) is 13.3. The molecule has 0 saturated carbocycles. The summed E-state index contributed by atoms with van der Waals surface area (Å²) < 4.78 is 0. The van der Waals surface area contributed by atoms with Crippen molar-refractivity contribution in [1.29, 1.82) is 0 Å². The maximum atomic E-state index is 12.7. The Kier molecular flexibility index (Phi) is 15.9. The molecule has 0 aromatic rings. The molecule has 1 saturated heterocycles. The third kappa shape index (κ3) is 12.5. The Balaban J connectivity index is 2.02. The fourth-order valence-corrected chi connectivity index (χ4v) is 4.47. The Morgan fingerprint density at radius 3 is 1.74 bits per heavy atom. The van der Waals surface area contributed by atoms with E-state index in [0.29, 0.717) is 11.8 Å². The number of likely N-dealkylation sites (tertiary alicyclic amines) is 1. The smallest absolute Gasteiger partial charge is 0.225 e. The zero-order valence-corrected chi connectivity index (χ0v) is 18.8. The third-order valence-electron chi connectivity index (χ3n) is 6.33. The van der Waals surface area contributed by atoms with Crippen LogP contribution in [0.15, 0.2) is 0 Å². The molecule has 1 atom stereocenters. The monoisotopic (exact) mass is 379 g/mol. The van der Waals surface area contributed by atoms with Crippen LogP contribution in [0.1, 0.15) is 136 Å². The number of carbonyl (C=O) groups excluding carboxylic acids is 1. The Morgan fingerprint density at radius 1 is 0.704 bits per heavy atom. The number of carbonyl (C=O) groups is 1. The van der Waals surface area contributed by atoms with E-state index in [4.69, 9.17) is 0 Å². The average molecular weight is 380 g/mol. The van der Waals surface area contributed by atoms with Crippen LogP contribution >= 0.6 is 0 Å². The van der Waals surface area contributed by atoms with Crippen LogP contribution in [0.5, 0.6) is 0 Å². The number of amides is 1. The van der Waals surface area contributed by atoms with Gasteiger partial charge in [-0.15, -0.1) is 0 Å². The molecular formula is C25H49NO. The van der Waals surface area contributed by atoms with E-state index in [0.717, 1.165) is 25.9 Å². The van der Waals surface area contributed by atoms with E-state index >= 15 is 0 Å². The van der Waals surface area contributed by atoms with Gasteiger partial charge in [-0.3, -0.25) is 4.79 Å². The highest BCUT2D eigenvalue weighted by Gasteiger charge is 2.27. The van der Waals surface area contributed by atoms with Crippen molar-refractivity contribution in [2.24, 2.45) is 5.92 Å². The minimum absolute atomic E-state index is 0.341. The first-order valence-corrected chi connectivity index (χ1v) is 12.6. The van der Waals surface area contributed by atoms with E-state index in [1.165, 1.54) is 109 Å². The summed E-state index contributed by atoms with van der Waals surface area (Å²) in [6.45, 7) is 6.58. The van der Waals surface area contributed by atoms with Gasteiger partial charge in [0, 0.05) is 19.0 Å². The molecule has 1 amide bonds. The van der Waals surface area contributed by atoms with E-state index in [-0.39, 0.29) is 0 Å². The molecule has 160 valence electrons. The Bertz CT molecular complexity index is 311. The van der Waals surface area contributed by atoms with E-state index < -0.39 is 0 Å². The van der Waals surface area contributed by atoms with E-state index in [1.807, 2.05) is 0 Å². The van der Waals surface area contributed by atoms with Gasteiger partial charge in [0.05, 0.1) is 0 Å². The maximum absolute atomic E-state index is 12.7. The zero-order valence-electron chi connectivity index (χ0n) is 18.8. The predicted octanol–water partition coefficient (Wildman–Crippen LogP) is 7.90. The Labute approximate surface area is 170 Å². The summed E-state index contributed by atoms with van der Waals surface area (Å²) in [5.74, 6) is 0.819. The molecule has 0 spiro atoms. The van der Waals surface area contributed by atoms with Crippen LogP contribution < -0.4 is 0 Å². The normalized spacial score (nSPS) is 17.6. The zero-order chi connectivity index (χ0) is 19.6. The SMILES string of the molecule is CCCCCCCCCCC1CCCN(CCCCCCCCCC)C1=O. The van der Waals surface area contributed by atoms with E-state index in [9.17, 15) is 4.79 Å². The first-order valence-electron chi connectivity index (χ1n) is 12.6. The van der Waals surface area contributed by atoms with Crippen LogP contribution in [0, 0.1) is 5.92 Å². The standard InChI is InChI=1S/C25H49NO/c1-3-5-7-9-11-13-15-17-20-24-21-19-23-26(25(24)27)22-18-16-14-12-10-8-6-4-2/h24H,3-23H2,1-2H3. The molecule has 2 nitrogen and oxygen atoms in total. The molecule has 0 aromatic heterocycles. The average Bonchev–Trinajstić information content (AvgIpc) is 2.68. The summed E-state index contributed by atoms with van der Waals surface area (Å²) in [5.41, 5.74) is 0. The number of hydrogen-bond acceptors (Lipinski definition) is 1. The van der Waals surface area contributed by atoms with Crippen molar-refractivity contribution in [2.75, 3.05) is 13.1 Å². The lowest BCUT2D eigenvalue weighted by Crippen LogP contribution is -2.41. The highest BCUT2D eigenvalue weighted by molar-refractivity contribution is 5.79. The van der Waals surface area contributed by atoms with Crippen LogP contribution in [0.25, 0.3) is 0 Å². The molecule has 1 aliphatic rings. The van der Waals surface area contributed by atoms with Gasteiger partial charge in [-0.2, -0.15) is 0 Å². The lowest BCUT2D eigenvalue weighted by atomic mass is 9.91. The van der Waals surface area contributed by atoms with Gasteiger partial charge in [0.2, 0.25) is 5.91 Å². The molecule has 0 bridgehead atoms. The predicted molar refractivity (Wildman–Crippen MR) is 119 cm³/mol. The second-order valence-corrected chi connectivity index (χ2v) is 8.90. The minimum atomic E-state index is 0.341. The highest BCUT2D eigenvalue weighted by atomic mass is 16.2. The molecule has 0 aromatic carbocycles.